The first-order valence-electron chi connectivity index (χ1n) is 8.76. The highest BCUT2D eigenvalue weighted by molar-refractivity contribution is 7.89. The molecule has 5 heteroatoms. The molecule has 3 rings (SSSR count). The molecular weight excluding hydrogens is 320 g/mol. The number of benzene rings is 2. The molecule has 0 saturated carbocycles. The fraction of sp³-hybridized carbons (Fsp3) is 0.474. The van der Waals surface area contributed by atoms with Gasteiger partial charge in [0.2, 0.25) is 10.0 Å². The Morgan fingerprint density at radius 2 is 1.96 bits per heavy atom. The topological polar surface area (TPSA) is 49.4 Å². The van der Waals surface area contributed by atoms with Gasteiger partial charge >= 0.3 is 0 Å². The van der Waals surface area contributed by atoms with Gasteiger partial charge in [-0.05, 0) is 49.7 Å². The van der Waals surface area contributed by atoms with Gasteiger partial charge in [-0.1, -0.05) is 43.3 Å². The van der Waals surface area contributed by atoms with E-state index in [4.69, 9.17) is 0 Å². The maximum Gasteiger partial charge on any atom is 0.241 e. The van der Waals surface area contributed by atoms with Crippen LogP contribution < -0.4 is 4.72 Å². The van der Waals surface area contributed by atoms with Crippen LogP contribution in [0.3, 0.4) is 0 Å². The van der Waals surface area contributed by atoms with Crippen molar-refractivity contribution in [1.29, 1.82) is 0 Å². The van der Waals surface area contributed by atoms with Gasteiger partial charge in [-0.25, -0.2) is 13.1 Å². The molecule has 4 nitrogen and oxygen atoms in total. The fourth-order valence-electron chi connectivity index (χ4n) is 3.51. The third-order valence-electron chi connectivity index (χ3n) is 4.72. The number of hydrogen-bond donors (Lipinski definition) is 1. The Kier molecular flexibility index (Phi) is 5.54. The van der Waals surface area contributed by atoms with Gasteiger partial charge in [0.05, 0.1) is 4.90 Å². The van der Waals surface area contributed by atoms with Gasteiger partial charge in [0.25, 0.3) is 0 Å². The molecule has 0 aliphatic carbocycles. The molecule has 0 unspecified atom stereocenters. The zero-order valence-electron chi connectivity index (χ0n) is 14.2. The van der Waals surface area contributed by atoms with Gasteiger partial charge in [0.1, 0.15) is 0 Å². The van der Waals surface area contributed by atoms with E-state index in [1.54, 1.807) is 12.1 Å². The summed E-state index contributed by atoms with van der Waals surface area (Å²) < 4.78 is 28.0. The smallest absolute Gasteiger partial charge is 0.241 e. The van der Waals surface area contributed by atoms with Crippen LogP contribution in [0, 0.1) is 5.92 Å². The minimum atomic E-state index is -3.47. The fourth-order valence-corrected chi connectivity index (χ4v) is 4.81. The van der Waals surface area contributed by atoms with Gasteiger partial charge in [0.15, 0.2) is 0 Å². The van der Waals surface area contributed by atoms with Gasteiger partial charge in [-0.2, -0.15) is 0 Å². The number of hydrogen-bond acceptors (Lipinski definition) is 3. The first kappa shape index (κ1) is 17.4. The molecule has 130 valence electrons. The van der Waals surface area contributed by atoms with Gasteiger partial charge < -0.3 is 4.90 Å². The predicted octanol–water partition coefficient (Wildman–Crippen LogP) is 3.24. The SMILES string of the molecule is C[C@@H]1CCCN(CCCNS(=O)(=O)c2cccc3ccccc23)C1. The van der Waals surface area contributed by atoms with E-state index >= 15 is 0 Å². The monoisotopic (exact) mass is 346 g/mol. The average molecular weight is 346 g/mol. The maximum atomic E-state index is 12.6. The van der Waals surface area contributed by atoms with Crippen molar-refractivity contribution < 1.29 is 8.42 Å². The largest absolute Gasteiger partial charge is 0.303 e. The summed E-state index contributed by atoms with van der Waals surface area (Å²) in [5.74, 6) is 0.756. The molecular formula is C19H26N2O2S. The van der Waals surface area contributed by atoms with Crippen molar-refractivity contribution in [2.45, 2.75) is 31.1 Å². The van der Waals surface area contributed by atoms with E-state index in [9.17, 15) is 8.42 Å². The molecule has 0 spiro atoms. The minimum absolute atomic E-state index is 0.368. The molecule has 1 atom stereocenters. The van der Waals surface area contributed by atoms with E-state index in [1.165, 1.54) is 12.8 Å². The van der Waals surface area contributed by atoms with E-state index < -0.39 is 10.0 Å². The molecule has 1 aliphatic heterocycles. The van der Waals surface area contributed by atoms with Crippen LogP contribution in [0.25, 0.3) is 10.8 Å². The van der Waals surface area contributed by atoms with Crippen LogP contribution in [0.2, 0.25) is 0 Å². The zero-order chi connectivity index (χ0) is 17.0. The molecule has 2 aromatic carbocycles. The molecule has 24 heavy (non-hydrogen) atoms. The third-order valence-corrected chi connectivity index (χ3v) is 6.24. The molecule has 0 radical (unpaired) electrons. The van der Waals surface area contributed by atoms with Crippen molar-refractivity contribution in [3.8, 4) is 0 Å². The lowest BCUT2D eigenvalue weighted by Gasteiger charge is -2.30. The van der Waals surface area contributed by atoms with Crippen molar-refractivity contribution in [1.82, 2.24) is 9.62 Å². The second-order valence-corrected chi connectivity index (χ2v) is 8.51. The first-order chi connectivity index (χ1) is 11.6. The molecule has 2 aromatic rings. The third kappa shape index (κ3) is 4.15. The summed E-state index contributed by atoms with van der Waals surface area (Å²) in [6, 6.07) is 13.0. The summed E-state index contributed by atoms with van der Waals surface area (Å²) in [5, 5.41) is 1.72. The Labute approximate surface area is 144 Å². The molecule has 1 saturated heterocycles. The van der Waals surface area contributed by atoms with Crippen LogP contribution >= 0.6 is 0 Å². The molecule has 1 N–H and O–H groups in total. The van der Waals surface area contributed by atoms with E-state index in [1.807, 2.05) is 30.3 Å². The van der Waals surface area contributed by atoms with E-state index in [0.29, 0.717) is 11.4 Å². The summed E-state index contributed by atoms with van der Waals surface area (Å²) in [6.07, 6.45) is 3.41. The number of piperidine rings is 1. The van der Waals surface area contributed by atoms with Gasteiger partial charge in [-0.3, -0.25) is 0 Å². The van der Waals surface area contributed by atoms with Crippen molar-refractivity contribution in [3.63, 3.8) is 0 Å². The Bertz CT molecular complexity index is 784. The van der Waals surface area contributed by atoms with Crippen LogP contribution in [0.4, 0.5) is 0 Å². The number of fused-ring (bicyclic) bond motifs is 1. The zero-order valence-corrected chi connectivity index (χ0v) is 15.1. The Balaban J connectivity index is 1.59. The Morgan fingerprint density at radius 3 is 2.79 bits per heavy atom. The maximum absolute atomic E-state index is 12.6. The quantitative estimate of drug-likeness (QED) is 0.817. The summed E-state index contributed by atoms with van der Waals surface area (Å²) >= 11 is 0. The summed E-state index contributed by atoms with van der Waals surface area (Å²) in [6.45, 7) is 6.00. The molecule has 0 bridgehead atoms. The van der Waals surface area contributed by atoms with Gasteiger partial charge in [-0.15, -0.1) is 0 Å². The van der Waals surface area contributed by atoms with Crippen LogP contribution in [0.15, 0.2) is 47.4 Å². The van der Waals surface area contributed by atoms with Crippen LogP contribution in [0.1, 0.15) is 26.2 Å². The number of rotatable bonds is 6. The van der Waals surface area contributed by atoms with Crippen molar-refractivity contribution in [3.05, 3.63) is 42.5 Å². The number of nitrogens with one attached hydrogen (secondary N) is 1. The molecule has 1 aliphatic rings. The first-order valence-corrected chi connectivity index (χ1v) is 10.2. The van der Waals surface area contributed by atoms with Crippen LogP contribution in [0.5, 0.6) is 0 Å². The normalized spacial score (nSPS) is 19.6. The van der Waals surface area contributed by atoms with Crippen molar-refractivity contribution >= 4 is 20.8 Å². The van der Waals surface area contributed by atoms with E-state index in [-0.39, 0.29) is 0 Å². The predicted molar refractivity (Wildman–Crippen MR) is 98.6 cm³/mol. The number of nitrogens with zero attached hydrogens (tertiary/aromatic N) is 1. The molecule has 1 heterocycles. The summed E-state index contributed by atoms with van der Waals surface area (Å²) in [4.78, 5) is 2.81. The van der Waals surface area contributed by atoms with Gasteiger partial charge in [0, 0.05) is 18.5 Å². The van der Waals surface area contributed by atoms with E-state index in [2.05, 4.69) is 16.5 Å². The average Bonchev–Trinajstić information content (AvgIpc) is 2.58. The standard InChI is InChI=1S/C19H26N2O2S/c1-16-7-5-13-21(15-16)14-6-12-20-24(22,23)19-11-4-9-17-8-2-3-10-18(17)19/h2-4,8-11,16,20H,5-7,12-15H2,1H3/t16-/m1/s1. The summed E-state index contributed by atoms with van der Waals surface area (Å²) in [5.41, 5.74) is 0. The lowest BCUT2D eigenvalue weighted by molar-refractivity contribution is 0.182. The highest BCUT2D eigenvalue weighted by atomic mass is 32.2. The van der Waals surface area contributed by atoms with Crippen LogP contribution in [-0.2, 0) is 10.0 Å². The second-order valence-electron chi connectivity index (χ2n) is 6.78. The second kappa shape index (κ2) is 7.64. The van der Waals surface area contributed by atoms with Crippen molar-refractivity contribution in [2.24, 2.45) is 5.92 Å². The number of sulfonamides is 1. The lowest BCUT2D eigenvalue weighted by Crippen LogP contribution is -2.36. The molecule has 1 fully saturated rings. The van der Waals surface area contributed by atoms with Crippen molar-refractivity contribution in [2.75, 3.05) is 26.2 Å². The Morgan fingerprint density at radius 1 is 1.17 bits per heavy atom. The Hall–Kier alpha value is -1.43. The van der Waals surface area contributed by atoms with E-state index in [0.717, 1.165) is 42.7 Å². The number of likely N-dealkylation sites (tertiary alicyclic amines) is 1. The molecule has 0 amide bonds. The molecule has 0 aromatic heterocycles. The highest BCUT2D eigenvalue weighted by Gasteiger charge is 2.18. The van der Waals surface area contributed by atoms with Crippen LogP contribution in [-0.4, -0.2) is 39.5 Å². The minimum Gasteiger partial charge on any atom is -0.303 e. The summed E-state index contributed by atoms with van der Waals surface area (Å²) in [7, 11) is -3.47. The highest BCUT2D eigenvalue weighted by Crippen LogP contribution is 2.22. The lowest BCUT2D eigenvalue weighted by atomic mass is 10.0.